The van der Waals surface area contributed by atoms with Crippen molar-refractivity contribution < 1.29 is 19.0 Å². The molecule has 0 saturated carbocycles. The third kappa shape index (κ3) is 4.12. The lowest BCUT2D eigenvalue weighted by molar-refractivity contribution is 0.104. The van der Waals surface area contributed by atoms with E-state index in [2.05, 4.69) is 5.10 Å². The minimum atomic E-state index is -0.229. The number of carbonyl (C=O) groups excluding carboxylic acids is 1. The lowest BCUT2D eigenvalue weighted by atomic mass is 10.1. The largest absolute Gasteiger partial charge is 0.493 e. The Morgan fingerprint density at radius 1 is 1.03 bits per heavy atom. The summed E-state index contributed by atoms with van der Waals surface area (Å²) in [4.78, 5) is 12.7. The zero-order chi connectivity index (χ0) is 21.0. The number of hydrogen-bond acceptors (Lipinski definition) is 5. The van der Waals surface area contributed by atoms with Crippen LogP contribution in [0.5, 0.6) is 17.2 Å². The van der Waals surface area contributed by atoms with E-state index in [9.17, 15) is 4.79 Å². The molecule has 0 aliphatic heterocycles. The molecular weight excluding hydrogens is 392 g/mol. The van der Waals surface area contributed by atoms with Gasteiger partial charge in [-0.3, -0.25) is 4.79 Å². The van der Waals surface area contributed by atoms with Gasteiger partial charge in [-0.2, -0.15) is 5.10 Å². The van der Waals surface area contributed by atoms with E-state index in [4.69, 9.17) is 25.8 Å². The molecule has 0 saturated heterocycles. The van der Waals surface area contributed by atoms with Crippen LogP contribution in [-0.2, 0) is 0 Å². The van der Waals surface area contributed by atoms with Crippen molar-refractivity contribution in [3.05, 3.63) is 70.5 Å². The number of methoxy groups -OCH3 is 3. The molecule has 0 atom stereocenters. The van der Waals surface area contributed by atoms with E-state index >= 15 is 0 Å². The normalized spacial score (nSPS) is 10.9. The fourth-order valence-electron chi connectivity index (χ4n) is 2.92. The molecule has 3 rings (SSSR count). The zero-order valence-corrected chi connectivity index (χ0v) is 17.4. The number of ether oxygens (including phenoxy) is 3. The van der Waals surface area contributed by atoms with Gasteiger partial charge in [0, 0.05) is 11.1 Å². The van der Waals surface area contributed by atoms with Gasteiger partial charge in [0.1, 0.15) is 5.15 Å². The van der Waals surface area contributed by atoms with E-state index in [0.717, 1.165) is 5.69 Å². The summed E-state index contributed by atoms with van der Waals surface area (Å²) in [7, 11) is 4.52. The van der Waals surface area contributed by atoms with Crippen LogP contribution < -0.4 is 14.2 Å². The van der Waals surface area contributed by atoms with Gasteiger partial charge < -0.3 is 14.2 Å². The molecule has 2 aromatic carbocycles. The number of rotatable bonds is 7. The van der Waals surface area contributed by atoms with E-state index in [-0.39, 0.29) is 5.78 Å². The van der Waals surface area contributed by atoms with Crippen LogP contribution in [0.1, 0.15) is 21.6 Å². The van der Waals surface area contributed by atoms with Gasteiger partial charge in [0.2, 0.25) is 5.75 Å². The Labute approximate surface area is 174 Å². The molecule has 0 unspecified atom stereocenters. The molecule has 6 nitrogen and oxygen atoms in total. The van der Waals surface area contributed by atoms with Crippen LogP contribution in [0.25, 0.3) is 11.8 Å². The van der Waals surface area contributed by atoms with Crippen molar-refractivity contribution in [1.29, 1.82) is 0 Å². The number of aromatic nitrogens is 2. The molecule has 29 heavy (non-hydrogen) atoms. The van der Waals surface area contributed by atoms with E-state index in [1.807, 2.05) is 37.3 Å². The number of carbonyl (C=O) groups is 1. The lowest BCUT2D eigenvalue weighted by Crippen LogP contribution is -2.00. The predicted molar refractivity (Wildman–Crippen MR) is 113 cm³/mol. The van der Waals surface area contributed by atoms with E-state index in [1.54, 1.807) is 22.9 Å². The number of hydrogen-bond donors (Lipinski definition) is 0. The first-order valence-corrected chi connectivity index (χ1v) is 9.21. The molecule has 0 aliphatic carbocycles. The monoisotopic (exact) mass is 412 g/mol. The van der Waals surface area contributed by atoms with Crippen LogP contribution in [0.15, 0.2) is 48.5 Å². The second-order valence-electron chi connectivity index (χ2n) is 6.15. The average molecular weight is 413 g/mol. The maximum atomic E-state index is 12.7. The number of allylic oxidation sites excluding steroid dienone is 1. The molecule has 0 amide bonds. The van der Waals surface area contributed by atoms with Crippen molar-refractivity contribution in [2.45, 2.75) is 6.92 Å². The highest BCUT2D eigenvalue weighted by Crippen LogP contribution is 2.38. The molecule has 0 radical (unpaired) electrons. The molecule has 0 bridgehead atoms. The topological polar surface area (TPSA) is 62.6 Å². The standard InChI is InChI=1S/C22H21ClN2O4/c1-14-17(22(23)25(24-14)16-8-6-5-7-9-16)10-11-18(26)15-12-19(27-2)21(29-4)20(13-15)28-3/h5-13H,1-4H3/b11-10+. The number of halogens is 1. The molecule has 1 heterocycles. The summed E-state index contributed by atoms with van der Waals surface area (Å²) in [5.74, 6) is 1.02. The minimum absolute atomic E-state index is 0.229. The minimum Gasteiger partial charge on any atom is -0.493 e. The van der Waals surface area contributed by atoms with Crippen molar-refractivity contribution in [1.82, 2.24) is 9.78 Å². The van der Waals surface area contributed by atoms with Gasteiger partial charge in [0.25, 0.3) is 0 Å². The maximum absolute atomic E-state index is 12.7. The van der Waals surface area contributed by atoms with Crippen LogP contribution in [0.2, 0.25) is 5.15 Å². The number of aryl methyl sites for hydroxylation is 1. The third-order valence-electron chi connectivity index (χ3n) is 4.40. The second-order valence-corrected chi connectivity index (χ2v) is 6.51. The fraction of sp³-hybridized carbons (Fsp3) is 0.182. The van der Waals surface area contributed by atoms with Crippen LogP contribution >= 0.6 is 11.6 Å². The average Bonchev–Trinajstić information content (AvgIpc) is 3.04. The van der Waals surface area contributed by atoms with Gasteiger partial charge in [0.15, 0.2) is 17.3 Å². The number of benzene rings is 2. The summed E-state index contributed by atoms with van der Waals surface area (Å²) in [6.07, 6.45) is 3.11. The Bertz CT molecular complexity index is 1030. The van der Waals surface area contributed by atoms with Crippen molar-refractivity contribution in [2.24, 2.45) is 0 Å². The number of para-hydroxylation sites is 1. The highest BCUT2D eigenvalue weighted by molar-refractivity contribution is 6.31. The Hall–Kier alpha value is -3.25. The Kier molecular flexibility index (Phi) is 6.24. The van der Waals surface area contributed by atoms with E-state index in [0.29, 0.717) is 39.2 Å². The summed E-state index contributed by atoms with van der Waals surface area (Å²) in [6, 6.07) is 12.8. The van der Waals surface area contributed by atoms with Crippen LogP contribution in [0.4, 0.5) is 0 Å². The first-order valence-electron chi connectivity index (χ1n) is 8.83. The summed E-state index contributed by atoms with van der Waals surface area (Å²) >= 11 is 6.51. The first-order chi connectivity index (χ1) is 14.0. The molecule has 7 heteroatoms. The molecule has 150 valence electrons. The van der Waals surface area contributed by atoms with Crippen LogP contribution in [-0.4, -0.2) is 36.9 Å². The predicted octanol–water partition coefficient (Wildman–Crippen LogP) is 4.76. The van der Waals surface area contributed by atoms with Crippen molar-refractivity contribution in [3.63, 3.8) is 0 Å². The summed E-state index contributed by atoms with van der Waals surface area (Å²) in [5, 5.41) is 4.91. The van der Waals surface area contributed by atoms with Gasteiger partial charge in [-0.25, -0.2) is 4.68 Å². The van der Waals surface area contributed by atoms with Gasteiger partial charge in [-0.05, 0) is 43.3 Å². The highest BCUT2D eigenvalue weighted by atomic mass is 35.5. The van der Waals surface area contributed by atoms with Crippen molar-refractivity contribution in [3.8, 4) is 22.9 Å². The zero-order valence-electron chi connectivity index (χ0n) is 16.6. The second kappa shape index (κ2) is 8.84. The van der Waals surface area contributed by atoms with Crippen LogP contribution in [0, 0.1) is 6.92 Å². The molecular formula is C22H21ClN2O4. The Morgan fingerprint density at radius 2 is 1.66 bits per heavy atom. The van der Waals surface area contributed by atoms with Crippen molar-refractivity contribution >= 4 is 23.5 Å². The smallest absolute Gasteiger partial charge is 0.203 e. The van der Waals surface area contributed by atoms with Gasteiger partial charge in [0.05, 0.1) is 32.7 Å². The van der Waals surface area contributed by atoms with Gasteiger partial charge in [-0.1, -0.05) is 29.8 Å². The molecule has 1 aromatic heterocycles. The molecule has 0 N–H and O–H groups in total. The number of nitrogens with zero attached hydrogens (tertiary/aromatic N) is 2. The molecule has 3 aromatic rings. The van der Waals surface area contributed by atoms with Gasteiger partial charge >= 0.3 is 0 Å². The number of ketones is 1. The third-order valence-corrected chi connectivity index (χ3v) is 4.76. The summed E-state index contributed by atoms with van der Waals surface area (Å²) < 4.78 is 17.5. The highest BCUT2D eigenvalue weighted by Gasteiger charge is 2.17. The first kappa shape index (κ1) is 20.5. The molecule has 0 fully saturated rings. The van der Waals surface area contributed by atoms with E-state index < -0.39 is 0 Å². The quantitative estimate of drug-likeness (QED) is 0.413. The molecule has 0 aliphatic rings. The summed E-state index contributed by atoms with van der Waals surface area (Å²) in [5.41, 5.74) is 2.64. The van der Waals surface area contributed by atoms with E-state index in [1.165, 1.54) is 27.4 Å². The Balaban J connectivity index is 1.93. The van der Waals surface area contributed by atoms with Crippen LogP contribution in [0.3, 0.4) is 0 Å². The fourth-order valence-corrected chi connectivity index (χ4v) is 3.25. The summed E-state index contributed by atoms with van der Waals surface area (Å²) in [6.45, 7) is 1.84. The SMILES string of the molecule is COc1cc(C(=O)/C=C/c2c(C)nn(-c3ccccc3)c2Cl)cc(OC)c1OC. The maximum Gasteiger partial charge on any atom is 0.203 e. The lowest BCUT2D eigenvalue weighted by Gasteiger charge is -2.13. The Morgan fingerprint density at radius 3 is 2.21 bits per heavy atom. The molecule has 0 spiro atoms. The van der Waals surface area contributed by atoms with Crippen molar-refractivity contribution in [2.75, 3.05) is 21.3 Å². The van der Waals surface area contributed by atoms with Gasteiger partial charge in [-0.15, -0.1) is 0 Å².